The van der Waals surface area contributed by atoms with E-state index in [4.69, 9.17) is 11.6 Å². The van der Waals surface area contributed by atoms with Crippen molar-refractivity contribution < 1.29 is 8.42 Å². The first-order chi connectivity index (χ1) is 9.87. The zero-order valence-corrected chi connectivity index (χ0v) is 14.6. The zero-order chi connectivity index (χ0) is 15.6. The van der Waals surface area contributed by atoms with Crippen LogP contribution in [0, 0.1) is 13.8 Å². The first kappa shape index (κ1) is 16.8. The Morgan fingerprint density at radius 2 is 1.90 bits per heavy atom. The highest BCUT2D eigenvalue weighted by atomic mass is 35.5. The lowest BCUT2D eigenvalue weighted by Crippen LogP contribution is -2.38. The van der Waals surface area contributed by atoms with Crippen molar-refractivity contribution in [3.05, 3.63) is 28.8 Å². The third-order valence-electron chi connectivity index (χ3n) is 4.36. The minimum absolute atomic E-state index is 0.0673. The lowest BCUT2D eigenvalue weighted by molar-refractivity contribution is 0.342. The summed E-state index contributed by atoms with van der Waals surface area (Å²) in [7, 11) is -3.44. The average molecular weight is 330 g/mol. The van der Waals surface area contributed by atoms with Crippen LogP contribution in [-0.2, 0) is 15.9 Å². The summed E-state index contributed by atoms with van der Waals surface area (Å²) < 4.78 is 27.7. The van der Waals surface area contributed by atoms with Crippen LogP contribution >= 0.6 is 11.6 Å². The number of rotatable bonds is 3. The molecule has 1 fully saturated rings. The fourth-order valence-electron chi connectivity index (χ4n) is 3.03. The minimum atomic E-state index is -3.44. The molecule has 0 saturated carbocycles. The molecule has 1 saturated heterocycles. The highest BCUT2D eigenvalue weighted by molar-refractivity contribution is 7.89. The van der Waals surface area contributed by atoms with Crippen molar-refractivity contribution in [3.63, 3.8) is 0 Å². The maximum absolute atomic E-state index is 13.0. The molecule has 1 heterocycles. The summed E-state index contributed by atoms with van der Waals surface area (Å²) in [6.45, 7) is 6.46. The number of benzene rings is 1. The SMILES string of the molecule is Cc1cc(C)c(S(=O)(=O)N2CCCCCC2C)cc1CCl. The molecule has 1 unspecified atom stereocenters. The normalized spacial score (nSPS) is 21.2. The lowest BCUT2D eigenvalue weighted by Gasteiger charge is -2.27. The number of hydrogen-bond acceptors (Lipinski definition) is 2. The van der Waals surface area contributed by atoms with E-state index in [0.29, 0.717) is 17.3 Å². The van der Waals surface area contributed by atoms with E-state index >= 15 is 0 Å². The third-order valence-corrected chi connectivity index (χ3v) is 6.80. The van der Waals surface area contributed by atoms with Gasteiger partial charge in [-0.1, -0.05) is 18.9 Å². The summed E-state index contributed by atoms with van der Waals surface area (Å²) in [6.07, 6.45) is 4.09. The van der Waals surface area contributed by atoms with E-state index in [2.05, 4.69) is 0 Å². The number of nitrogens with zero attached hydrogens (tertiary/aromatic N) is 1. The van der Waals surface area contributed by atoms with Crippen LogP contribution in [0.4, 0.5) is 0 Å². The molecule has 1 aliphatic rings. The van der Waals surface area contributed by atoms with E-state index in [1.54, 1.807) is 10.4 Å². The standard InChI is InChI=1S/C16H24ClNO2S/c1-12-9-13(2)16(10-15(12)11-17)21(19,20)18-8-6-4-5-7-14(18)3/h9-10,14H,4-8,11H2,1-3H3. The van der Waals surface area contributed by atoms with Crippen molar-refractivity contribution in [1.82, 2.24) is 4.31 Å². The van der Waals surface area contributed by atoms with Crippen molar-refractivity contribution in [2.75, 3.05) is 6.54 Å². The molecule has 0 N–H and O–H groups in total. The molecule has 0 aliphatic carbocycles. The summed E-state index contributed by atoms with van der Waals surface area (Å²) in [5.74, 6) is 0.337. The first-order valence-corrected chi connectivity index (χ1v) is 9.53. The van der Waals surface area contributed by atoms with Gasteiger partial charge in [-0.2, -0.15) is 4.31 Å². The number of alkyl halides is 1. The molecule has 0 amide bonds. The van der Waals surface area contributed by atoms with Gasteiger partial charge < -0.3 is 0 Å². The zero-order valence-electron chi connectivity index (χ0n) is 13.0. The number of halogens is 1. The highest BCUT2D eigenvalue weighted by Crippen LogP contribution is 2.28. The van der Waals surface area contributed by atoms with Gasteiger partial charge in [0, 0.05) is 18.5 Å². The van der Waals surface area contributed by atoms with E-state index in [9.17, 15) is 8.42 Å². The van der Waals surface area contributed by atoms with E-state index in [-0.39, 0.29) is 6.04 Å². The Labute approximate surface area is 133 Å². The van der Waals surface area contributed by atoms with Gasteiger partial charge in [0.2, 0.25) is 10.0 Å². The van der Waals surface area contributed by atoms with Gasteiger partial charge >= 0.3 is 0 Å². The van der Waals surface area contributed by atoms with Crippen LogP contribution in [-0.4, -0.2) is 25.3 Å². The van der Waals surface area contributed by atoms with Crippen molar-refractivity contribution >= 4 is 21.6 Å². The van der Waals surface area contributed by atoms with Crippen molar-refractivity contribution in [2.24, 2.45) is 0 Å². The molecule has 1 aliphatic heterocycles. The van der Waals surface area contributed by atoms with Crippen molar-refractivity contribution in [3.8, 4) is 0 Å². The molecule has 1 aromatic carbocycles. The van der Waals surface area contributed by atoms with Gasteiger partial charge in [0.15, 0.2) is 0 Å². The second-order valence-corrected chi connectivity index (χ2v) is 8.12. The quantitative estimate of drug-likeness (QED) is 0.786. The number of hydrogen-bond donors (Lipinski definition) is 0. The third kappa shape index (κ3) is 3.43. The van der Waals surface area contributed by atoms with Gasteiger partial charge in [-0.25, -0.2) is 8.42 Å². The Hall–Kier alpha value is -0.580. The molecule has 1 aromatic rings. The summed E-state index contributed by atoms with van der Waals surface area (Å²) >= 11 is 5.94. The minimum Gasteiger partial charge on any atom is -0.207 e. The van der Waals surface area contributed by atoms with Crippen LogP contribution in [0.5, 0.6) is 0 Å². The van der Waals surface area contributed by atoms with Crippen LogP contribution in [0.2, 0.25) is 0 Å². The molecule has 5 heteroatoms. The van der Waals surface area contributed by atoms with Crippen LogP contribution in [0.15, 0.2) is 17.0 Å². The second-order valence-electron chi connectivity index (χ2n) is 5.99. The molecule has 0 spiro atoms. The van der Waals surface area contributed by atoms with E-state index < -0.39 is 10.0 Å². The second kappa shape index (κ2) is 6.67. The van der Waals surface area contributed by atoms with Crippen LogP contribution in [0.25, 0.3) is 0 Å². The maximum Gasteiger partial charge on any atom is 0.243 e. The Kier molecular flexibility index (Phi) is 5.33. The predicted molar refractivity (Wildman–Crippen MR) is 87.3 cm³/mol. The molecule has 118 valence electrons. The molecule has 3 nitrogen and oxygen atoms in total. The van der Waals surface area contributed by atoms with E-state index in [1.807, 2.05) is 26.8 Å². The van der Waals surface area contributed by atoms with Crippen molar-refractivity contribution in [1.29, 1.82) is 0 Å². The predicted octanol–water partition coefficient (Wildman–Crippen LogP) is 4.00. The summed E-state index contributed by atoms with van der Waals surface area (Å²) in [5, 5.41) is 0. The highest BCUT2D eigenvalue weighted by Gasteiger charge is 2.31. The fraction of sp³-hybridized carbons (Fsp3) is 0.625. The fourth-order valence-corrected chi connectivity index (χ4v) is 5.27. The molecular formula is C16H24ClNO2S. The van der Waals surface area contributed by atoms with Crippen LogP contribution < -0.4 is 0 Å². The molecule has 1 atom stereocenters. The summed E-state index contributed by atoms with van der Waals surface area (Å²) in [4.78, 5) is 0.414. The van der Waals surface area contributed by atoms with Gasteiger partial charge in [-0.15, -0.1) is 11.6 Å². The van der Waals surface area contributed by atoms with Crippen molar-refractivity contribution in [2.45, 2.75) is 63.3 Å². The topological polar surface area (TPSA) is 37.4 Å². The Bertz CT molecular complexity index is 613. The Balaban J connectivity index is 2.47. The summed E-state index contributed by atoms with van der Waals surface area (Å²) in [6, 6.07) is 3.75. The van der Waals surface area contributed by atoms with Gasteiger partial charge in [0.25, 0.3) is 0 Å². The lowest BCUT2D eigenvalue weighted by atomic mass is 10.1. The Morgan fingerprint density at radius 3 is 2.57 bits per heavy atom. The van der Waals surface area contributed by atoms with Gasteiger partial charge in [0.05, 0.1) is 4.90 Å². The van der Waals surface area contributed by atoms with E-state index in [0.717, 1.165) is 42.4 Å². The van der Waals surface area contributed by atoms with Crippen LogP contribution in [0.3, 0.4) is 0 Å². The Morgan fingerprint density at radius 1 is 1.19 bits per heavy atom. The molecule has 0 radical (unpaired) electrons. The molecular weight excluding hydrogens is 306 g/mol. The maximum atomic E-state index is 13.0. The molecule has 0 bridgehead atoms. The number of sulfonamides is 1. The molecule has 0 aromatic heterocycles. The summed E-state index contributed by atoms with van der Waals surface area (Å²) in [5.41, 5.74) is 2.74. The smallest absolute Gasteiger partial charge is 0.207 e. The molecule has 21 heavy (non-hydrogen) atoms. The van der Waals surface area contributed by atoms with Crippen LogP contribution in [0.1, 0.15) is 49.3 Å². The van der Waals surface area contributed by atoms with Gasteiger partial charge in [0.1, 0.15) is 0 Å². The number of aryl methyl sites for hydroxylation is 2. The van der Waals surface area contributed by atoms with E-state index in [1.165, 1.54) is 0 Å². The average Bonchev–Trinajstić information content (AvgIpc) is 2.63. The monoisotopic (exact) mass is 329 g/mol. The first-order valence-electron chi connectivity index (χ1n) is 7.56. The van der Waals surface area contributed by atoms with Gasteiger partial charge in [-0.05, 0) is 56.4 Å². The molecule has 2 rings (SSSR count). The largest absolute Gasteiger partial charge is 0.243 e. The van der Waals surface area contributed by atoms with Gasteiger partial charge in [-0.3, -0.25) is 0 Å².